The number of fused-ring (bicyclic) bond motifs is 6. The Morgan fingerprint density at radius 1 is 0.322 bits per heavy atom. The molecule has 0 amide bonds. The van der Waals surface area contributed by atoms with Gasteiger partial charge in [-0.3, -0.25) is 0 Å². The fourth-order valence-electron chi connectivity index (χ4n) is 9.61. The summed E-state index contributed by atoms with van der Waals surface area (Å²) in [6, 6.07) is 83.8. The molecule has 0 fully saturated rings. The van der Waals surface area contributed by atoms with E-state index < -0.39 is 8.07 Å². The quantitative estimate of drug-likeness (QED) is 0.117. The summed E-state index contributed by atoms with van der Waals surface area (Å²) in [5.41, 5.74) is 8.70. The molecule has 4 heteroatoms. The van der Waals surface area contributed by atoms with E-state index in [4.69, 9.17) is 0 Å². The van der Waals surface area contributed by atoms with E-state index in [1.54, 1.807) is 0 Å². The number of nitrogens with zero attached hydrogens (tertiary/aromatic N) is 3. The summed E-state index contributed by atoms with van der Waals surface area (Å²) in [5, 5.41) is 21.3. The maximum absolute atomic E-state index is 11.4. The first-order valence-electron chi connectivity index (χ1n) is 20.1. The summed E-state index contributed by atoms with van der Waals surface area (Å²) < 4.78 is 4.59. The molecule has 0 saturated heterocycles. The predicted octanol–water partition coefficient (Wildman–Crippen LogP) is 10.8. The molecule has 2 aromatic heterocycles. The van der Waals surface area contributed by atoms with Crippen LogP contribution in [0.25, 0.3) is 66.1 Å². The molecule has 0 N–H and O–H groups in total. The van der Waals surface area contributed by atoms with Crippen molar-refractivity contribution in [2.45, 2.75) is 0 Å². The molecular formula is C55H37N3Si. The summed E-state index contributed by atoms with van der Waals surface area (Å²) in [5.74, 6) is 0. The highest BCUT2D eigenvalue weighted by Crippen LogP contribution is 2.40. The van der Waals surface area contributed by atoms with Crippen LogP contribution in [-0.4, -0.2) is 17.2 Å². The first kappa shape index (κ1) is 34.5. The molecule has 276 valence electrons. The molecule has 0 aliphatic rings. The third-order valence-electron chi connectivity index (χ3n) is 12.1. The lowest BCUT2D eigenvalue weighted by atomic mass is 10.00. The van der Waals surface area contributed by atoms with E-state index in [2.05, 4.69) is 240 Å². The van der Waals surface area contributed by atoms with Crippen molar-refractivity contribution in [3.05, 3.63) is 230 Å². The van der Waals surface area contributed by atoms with Crippen molar-refractivity contribution in [1.82, 2.24) is 9.13 Å². The first-order chi connectivity index (χ1) is 29.3. The molecular weight excluding hydrogens is 731 g/mol. The Morgan fingerprint density at radius 3 is 1.03 bits per heavy atom. The molecule has 3 nitrogen and oxygen atoms in total. The molecule has 0 aliphatic heterocycles. The number of benzene rings is 9. The Hall–Kier alpha value is -7.71. The minimum atomic E-state index is -2.82. The summed E-state index contributed by atoms with van der Waals surface area (Å²) >= 11 is 0. The normalized spacial score (nSPS) is 11.7. The van der Waals surface area contributed by atoms with Crippen molar-refractivity contribution < 1.29 is 0 Å². The van der Waals surface area contributed by atoms with Crippen LogP contribution in [0.3, 0.4) is 0 Å². The fourth-order valence-corrected chi connectivity index (χ4v) is 14.4. The van der Waals surface area contributed by atoms with Gasteiger partial charge < -0.3 is 9.13 Å². The highest BCUT2D eigenvalue weighted by molar-refractivity contribution is 7.19. The number of aromatic nitrogens is 2. The van der Waals surface area contributed by atoms with E-state index in [1.165, 1.54) is 20.7 Å². The second-order valence-electron chi connectivity index (χ2n) is 15.2. The van der Waals surface area contributed by atoms with Gasteiger partial charge in [0.05, 0.1) is 33.4 Å². The topological polar surface area (TPSA) is 33.6 Å². The van der Waals surface area contributed by atoms with Gasteiger partial charge in [-0.05, 0) is 68.3 Å². The Bertz CT molecular complexity index is 3050. The number of rotatable bonds is 7. The summed E-state index contributed by atoms with van der Waals surface area (Å²) in [7, 11) is -2.82. The van der Waals surface area contributed by atoms with Crippen molar-refractivity contribution in [3.8, 4) is 28.6 Å². The lowest BCUT2D eigenvalue weighted by Gasteiger charge is -2.34. The van der Waals surface area contributed by atoms with Gasteiger partial charge in [0, 0.05) is 21.5 Å². The van der Waals surface area contributed by atoms with Crippen molar-refractivity contribution in [2.24, 2.45) is 0 Å². The highest BCUT2D eigenvalue weighted by atomic mass is 28.3. The zero-order valence-electron chi connectivity index (χ0n) is 32.2. The Balaban J connectivity index is 1.26. The standard InChI is InChI=1S/C55H37N3Si/c56-38-49-54(57-50-31-14-10-27-45(50)46-28-11-15-32-51(46)57)36-40(37-55(49)58-52-33-16-12-29-47(52)48-30-13-17-34-53(48)58)39-19-18-26-44(35-39)59(41-20-4-1-5-21-41,42-22-6-2-7-23-42)43-24-8-3-9-25-43/h1-37H. The van der Waals surface area contributed by atoms with Crippen LogP contribution >= 0.6 is 0 Å². The minimum Gasteiger partial charge on any atom is -0.308 e. The first-order valence-corrected chi connectivity index (χ1v) is 22.1. The van der Waals surface area contributed by atoms with Crippen LogP contribution in [0.15, 0.2) is 224 Å². The SMILES string of the molecule is N#Cc1c(-n2c3ccccc3c3ccccc32)cc(-c2cccc([Si](c3ccccc3)(c3ccccc3)c3ccccc3)c2)cc1-n1c2ccccc2c2ccccc21. The monoisotopic (exact) mass is 767 g/mol. The molecule has 0 radical (unpaired) electrons. The van der Waals surface area contributed by atoms with Crippen molar-refractivity contribution in [2.75, 3.05) is 0 Å². The van der Waals surface area contributed by atoms with Crippen LogP contribution in [0.1, 0.15) is 5.56 Å². The smallest absolute Gasteiger partial charge is 0.179 e. The molecule has 0 aliphatic carbocycles. The lowest BCUT2D eigenvalue weighted by molar-refractivity contribution is 1.12. The largest absolute Gasteiger partial charge is 0.308 e. The molecule has 0 saturated carbocycles. The van der Waals surface area contributed by atoms with Crippen LogP contribution < -0.4 is 20.7 Å². The highest BCUT2D eigenvalue weighted by Gasteiger charge is 2.41. The molecule has 59 heavy (non-hydrogen) atoms. The van der Waals surface area contributed by atoms with Gasteiger partial charge in [0.15, 0.2) is 8.07 Å². The van der Waals surface area contributed by atoms with Gasteiger partial charge in [0.1, 0.15) is 11.6 Å². The minimum absolute atomic E-state index is 0.615. The van der Waals surface area contributed by atoms with E-state index in [-0.39, 0.29) is 0 Å². The summed E-state index contributed by atoms with van der Waals surface area (Å²) in [4.78, 5) is 0. The van der Waals surface area contributed by atoms with Crippen LogP contribution in [0.4, 0.5) is 0 Å². The number of hydrogen-bond donors (Lipinski definition) is 0. The zero-order valence-corrected chi connectivity index (χ0v) is 33.2. The summed E-state index contributed by atoms with van der Waals surface area (Å²) in [6.45, 7) is 0. The zero-order chi connectivity index (χ0) is 39.3. The van der Waals surface area contributed by atoms with Crippen molar-refractivity contribution in [1.29, 1.82) is 5.26 Å². The maximum Gasteiger partial charge on any atom is 0.179 e. The van der Waals surface area contributed by atoms with Crippen LogP contribution in [0, 0.1) is 11.3 Å². The van der Waals surface area contributed by atoms with Gasteiger partial charge in [0.2, 0.25) is 0 Å². The Kier molecular flexibility index (Phi) is 8.21. The number of nitriles is 1. The summed E-state index contributed by atoms with van der Waals surface area (Å²) in [6.07, 6.45) is 0. The fraction of sp³-hybridized carbons (Fsp3) is 0. The van der Waals surface area contributed by atoms with E-state index >= 15 is 0 Å². The van der Waals surface area contributed by atoms with E-state index in [0.717, 1.165) is 66.1 Å². The van der Waals surface area contributed by atoms with Crippen LogP contribution in [0.2, 0.25) is 0 Å². The van der Waals surface area contributed by atoms with Crippen molar-refractivity contribution in [3.63, 3.8) is 0 Å². The molecule has 0 atom stereocenters. The van der Waals surface area contributed by atoms with Gasteiger partial charge >= 0.3 is 0 Å². The predicted molar refractivity (Wildman–Crippen MR) is 249 cm³/mol. The average Bonchev–Trinajstić information content (AvgIpc) is 3.83. The molecule has 0 spiro atoms. The average molecular weight is 768 g/mol. The van der Waals surface area contributed by atoms with E-state index in [9.17, 15) is 5.26 Å². The third kappa shape index (κ3) is 5.33. The van der Waals surface area contributed by atoms with E-state index in [0.29, 0.717) is 5.56 Å². The number of hydrogen-bond acceptors (Lipinski definition) is 1. The molecule has 2 heterocycles. The molecule has 9 aromatic carbocycles. The van der Waals surface area contributed by atoms with Gasteiger partial charge in [-0.25, -0.2) is 0 Å². The van der Waals surface area contributed by atoms with Crippen LogP contribution in [-0.2, 0) is 0 Å². The van der Waals surface area contributed by atoms with Gasteiger partial charge in [0.25, 0.3) is 0 Å². The maximum atomic E-state index is 11.4. The molecule has 0 unspecified atom stereocenters. The molecule has 11 rings (SSSR count). The molecule has 0 bridgehead atoms. The van der Waals surface area contributed by atoms with Gasteiger partial charge in [-0.15, -0.1) is 0 Å². The second kappa shape index (κ2) is 14.0. The van der Waals surface area contributed by atoms with E-state index in [1.807, 2.05) is 0 Å². The van der Waals surface area contributed by atoms with Crippen LogP contribution in [0.5, 0.6) is 0 Å². The molecule has 11 aromatic rings. The second-order valence-corrected chi connectivity index (χ2v) is 19.0. The van der Waals surface area contributed by atoms with Gasteiger partial charge in [-0.2, -0.15) is 5.26 Å². The Morgan fingerprint density at radius 2 is 0.661 bits per heavy atom. The lowest BCUT2D eigenvalue weighted by Crippen LogP contribution is -2.74. The van der Waals surface area contributed by atoms with Crippen molar-refractivity contribution >= 4 is 72.4 Å². The number of para-hydroxylation sites is 4. The Labute approximate surface area is 343 Å². The third-order valence-corrected chi connectivity index (χ3v) is 16.9. The van der Waals surface area contributed by atoms with Gasteiger partial charge in [-0.1, -0.05) is 188 Å².